The quantitative estimate of drug-likeness (QED) is 0.472. The summed E-state index contributed by atoms with van der Waals surface area (Å²) in [7, 11) is 2.45. The van der Waals surface area contributed by atoms with E-state index in [1.807, 2.05) is 54.6 Å². The van der Waals surface area contributed by atoms with Gasteiger partial charge in [-0.25, -0.2) is 0 Å². The van der Waals surface area contributed by atoms with Crippen molar-refractivity contribution in [2.24, 2.45) is 0 Å². The van der Waals surface area contributed by atoms with Crippen LogP contribution in [0.25, 0.3) is 0 Å². The average molecular weight is 367 g/mol. The van der Waals surface area contributed by atoms with Crippen molar-refractivity contribution in [3.05, 3.63) is 91.0 Å². The fourth-order valence-electron chi connectivity index (χ4n) is 3.54. The van der Waals surface area contributed by atoms with Crippen LogP contribution in [0.15, 0.2) is 91.0 Å². The first-order valence-corrected chi connectivity index (χ1v) is 10.3. The highest BCUT2D eigenvalue weighted by atomic mass is 31.2. The van der Waals surface area contributed by atoms with E-state index in [0.29, 0.717) is 0 Å². The van der Waals surface area contributed by atoms with Crippen LogP contribution in [0.2, 0.25) is 0 Å². The standard InChI is InChI=1S/C22H24O3P/c1-23-22(24-2,25-3)26(19-13-7-4-8-14-19,20-15-9-5-10-16-20)21-17-11-6-12-18-21/h4-18H,1-3H3/q+1. The maximum Gasteiger partial charge on any atom is 0.417 e. The Bertz CT molecular complexity index is 698. The van der Waals surface area contributed by atoms with Crippen LogP contribution in [0.4, 0.5) is 0 Å². The van der Waals surface area contributed by atoms with Gasteiger partial charge in [0.25, 0.3) is 0 Å². The summed E-state index contributed by atoms with van der Waals surface area (Å²) in [6.07, 6.45) is 0. The maximum absolute atomic E-state index is 5.97. The monoisotopic (exact) mass is 367 g/mol. The molecular formula is C22H24O3P+. The summed E-state index contributed by atoms with van der Waals surface area (Å²) in [5.41, 5.74) is -1.24. The van der Waals surface area contributed by atoms with Crippen molar-refractivity contribution in [1.82, 2.24) is 0 Å². The van der Waals surface area contributed by atoms with Crippen molar-refractivity contribution in [2.75, 3.05) is 21.3 Å². The fraction of sp³-hybridized carbons (Fsp3) is 0.182. The SMILES string of the molecule is COC(OC)(OC)[P+](c1ccccc1)(c1ccccc1)c1ccccc1. The van der Waals surface area contributed by atoms with E-state index in [1.165, 1.54) is 0 Å². The minimum Gasteiger partial charge on any atom is -0.297 e. The third-order valence-electron chi connectivity index (χ3n) is 4.62. The molecule has 0 aliphatic carbocycles. The van der Waals surface area contributed by atoms with E-state index in [2.05, 4.69) is 36.4 Å². The Morgan fingerprint density at radius 3 is 1.00 bits per heavy atom. The lowest BCUT2D eigenvalue weighted by atomic mass is 10.4. The first-order chi connectivity index (χ1) is 12.7. The molecule has 3 aromatic rings. The molecule has 3 nitrogen and oxygen atoms in total. The molecule has 3 rings (SSSR count). The molecule has 0 saturated heterocycles. The minimum atomic E-state index is -2.46. The van der Waals surface area contributed by atoms with Gasteiger partial charge in [0.2, 0.25) is 7.26 Å². The molecule has 134 valence electrons. The predicted molar refractivity (Wildman–Crippen MR) is 109 cm³/mol. The molecular weight excluding hydrogens is 343 g/mol. The molecule has 0 bridgehead atoms. The van der Waals surface area contributed by atoms with E-state index in [9.17, 15) is 0 Å². The van der Waals surface area contributed by atoms with Crippen LogP contribution in [-0.2, 0) is 14.2 Å². The van der Waals surface area contributed by atoms with E-state index < -0.39 is 13.0 Å². The average Bonchev–Trinajstić information content (AvgIpc) is 2.74. The predicted octanol–water partition coefficient (Wildman–Crippen LogP) is 3.53. The van der Waals surface area contributed by atoms with E-state index in [-0.39, 0.29) is 0 Å². The molecule has 0 radical (unpaired) electrons. The Morgan fingerprint density at radius 2 is 0.769 bits per heavy atom. The van der Waals surface area contributed by atoms with Gasteiger partial charge in [-0.3, -0.25) is 14.2 Å². The lowest BCUT2D eigenvalue weighted by molar-refractivity contribution is -0.289. The van der Waals surface area contributed by atoms with Gasteiger partial charge in [-0.05, 0) is 36.4 Å². The Kier molecular flexibility index (Phi) is 5.85. The van der Waals surface area contributed by atoms with Gasteiger partial charge in [-0.15, -0.1) is 0 Å². The Hall–Kier alpha value is -2.03. The molecule has 0 amide bonds. The van der Waals surface area contributed by atoms with E-state index in [4.69, 9.17) is 14.2 Å². The molecule has 0 spiro atoms. The lowest BCUT2D eigenvalue weighted by Crippen LogP contribution is -2.51. The summed E-state index contributed by atoms with van der Waals surface area (Å²) in [5, 5.41) is 3.38. The molecule has 0 N–H and O–H groups in total. The highest BCUT2D eigenvalue weighted by Gasteiger charge is 2.66. The summed E-state index contributed by atoms with van der Waals surface area (Å²) >= 11 is 0. The van der Waals surface area contributed by atoms with Crippen LogP contribution in [0.3, 0.4) is 0 Å². The largest absolute Gasteiger partial charge is 0.417 e. The van der Waals surface area contributed by atoms with Crippen LogP contribution < -0.4 is 15.9 Å². The number of hydrogen-bond acceptors (Lipinski definition) is 3. The van der Waals surface area contributed by atoms with Gasteiger partial charge < -0.3 is 0 Å². The Balaban J connectivity index is 2.47. The third kappa shape index (κ3) is 2.87. The van der Waals surface area contributed by atoms with Crippen molar-refractivity contribution >= 4 is 23.2 Å². The van der Waals surface area contributed by atoms with E-state index in [0.717, 1.165) is 15.9 Å². The summed E-state index contributed by atoms with van der Waals surface area (Å²) < 4.78 is 17.9. The number of benzene rings is 3. The van der Waals surface area contributed by atoms with Crippen molar-refractivity contribution in [3.8, 4) is 0 Å². The van der Waals surface area contributed by atoms with Crippen molar-refractivity contribution in [2.45, 2.75) is 5.71 Å². The molecule has 4 heteroatoms. The van der Waals surface area contributed by atoms with Crippen LogP contribution >= 0.6 is 7.26 Å². The van der Waals surface area contributed by atoms with Gasteiger partial charge in [0, 0.05) is 21.3 Å². The molecule has 0 saturated carbocycles. The summed E-state index contributed by atoms with van der Waals surface area (Å²) in [6, 6.07) is 31.1. The topological polar surface area (TPSA) is 27.7 Å². The third-order valence-corrected chi connectivity index (χ3v) is 9.20. The van der Waals surface area contributed by atoms with Gasteiger partial charge in [-0.2, -0.15) is 0 Å². The number of ether oxygens (including phenoxy) is 3. The van der Waals surface area contributed by atoms with Crippen molar-refractivity contribution in [3.63, 3.8) is 0 Å². The molecule has 26 heavy (non-hydrogen) atoms. The molecule has 0 aliphatic heterocycles. The molecule has 0 aliphatic rings. The van der Waals surface area contributed by atoms with Crippen LogP contribution in [0, 0.1) is 0 Å². The molecule has 0 atom stereocenters. The fourth-order valence-corrected chi connectivity index (χ4v) is 8.06. The van der Waals surface area contributed by atoms with Gasteiger partial charge in [0.1, 0.15) is 15.9 Å². The minimum absolute atomic E-state index is 1.13. The zero-order valence-corrected chi connectivity index (χ0v) is 16.2. The molecule has 0 aromatic heterocycles. The maximum atomic E-state index is 5.97. The number of hydrogen-bond donors (Lipinski definition) is 0. The zero-order chi connectivity index (χ0) is 18.5. The van der Waals surface area contributed by atoms with Gasteiger partial charge in [-0.1, -0.05) is 54.6 Å². The highest BCUT2D eigenvalue weighted by molar-refractivity contribution is 7.96. The second kappa shape index (κ2) is 8.11. The summed E-state index contributed by atoms with van der Waals surface area (Å²) in [4.78, 5) is 0. The lowest BCUT2D eigenvalue weighted by Gasteiger charge is -2.39. The molecule has 0 fully saturated rings. The second-order valence-electron chi connectivity index (χ2n) is 5.81. The normalized spacial score (nSPS) is 12.1. The molecule has 0 heterocycles. The smallest absolute Gasteiger partial charge is 0.297 e. The summed E-state index contributed by atoms with van der Waals surface area (Å²) in [5.74, 6) is 0. The van der Waals surface area contributed by atoms with E-state index in [1.54, 1.807) is 21.3 Å². The zero-order valence-electron chi connectivity index (χ0n) is 15.3. The number of rotatable bonds is 7. The first kappa shape index (κ1) is 18.8. The van der Waals surface area contributed by atoms with E-state index >= 15 is 0 Å². The van der Waals surface area contributed by atoms with Crippen LogP contribution in [-0.4, -0.2) is 27.0 Å². The van der Waals surface area contributed by atoms with Gasteiger partial charge in [0.05, 0.1) is 0 Å². The number of methoxy groups -OCH3 is 3. The molecule has 0 unspecified atom stereocenters. The Labute approximate surface area is 155 Å². The first-order valence-electron chi connectivity index (χ1n) is 8.46. The summed E-state index contributed by atoms with van der Waals surface area (Å²) in [6.45, 7) is 0. The molecule has 3 aromatic carbocycles. The van der Waals surface area contributed by atoms with Crippen LogP contribution in [0.5, 0.6) is 0 Å². The van der Waals surface area contributed by atoms with Crippen LogP contribution in [0.1, 0.15) is 0 Å². The second-order valence-corrected chi connectivity index (χ2v) is 9.25. The van der Waals surface area contributed by atoms with Crippen molar-refractivity contribution < 1.29 is 14.2 Å². The van der Waals surface area contributed by atoms with Gasteiger partial charge >= 0.3 is 5.71 Å². The Morgan fingerprint density at radius 1 is 0.500 bits per heavy atom. The van der Waals surface area contributed by atoms with Crippen molar-refractivity contribution in [1.29, 1.82) is 0 Å². The van der Waals surface area contributed by atoms with Gasteiger partial charge in [0.15, 0.2) is 0 Å². The highest BCUT2D eigenvalue weighted by Crippen LogP contribution is 2.66.